The molecule has 0 radical (unpaired) electrons. The molecule has 1 aromatic carbocycles. The van der Waals surface area contributed by atoms with E-state index in [2.05, 4.69) is 10.3 Å². The Morgan fingerprint density at radius 1 is 1.28 bits per heavy atom. The fraction of sp³-hybridized carbons (Fsp3) is 0.250. The summed E-state index contributed by atoms with van der Waals surface area (Å²) in [7, 11) is 0. The number of aryl methyl sites for hydroxylation is 2. The van der Waals surface area contributed by atoms with Gasteiger partial charge in [0.25, 0.3) is 11.5 Å². The first-order valence-corrected chi connectivity index (χ1v) is 7.36. The number of amides is 1. The van der Waals surface area contributed by atoms with Crippen LogP contribution in [0.25, 0.3) is 0 Å². The molecular weight excluding hydrogens is 333 g/mol. The molecule has 0 fully saturated rings. The lowest BCUT2D eigenvalue weighted by molar-refractivity contribution is -0.147. The maximum Gasteiger partial charge on any atom is 0.328 e. The number of ether oxygens (including phenoxy) is 1. The van der Waals surface area contributed by atoms with E-state index in [0.717, 1.165) is 16.7 Å². The van der Waals surface area contributed by atoms with E-state index in [9.17, 15) is 23.6 Å². The van der Waals surface area contributed by atoms with Gasteiger partial charge >= 0.3 is 11.7 Å². The fourth-order valence-electron chi connectivity index (χ4n) is 1.92. The number of benzene rings is 1. The zero-order chi connectivity index (χ0) is 18.4. The average Bonchev–Trinajstić information content (AvgIpc) is 2.55. The summed E-state index contributed by atoms with van der Waals surface area (Å²) in [5.41, 5.74) is -0.474. The van der Waals surface area contributed by atoms with Gasteiger partial charge < -0.3 is 14.6 Å². The molecule has 2 aromatic rings. The number of halogens is 1. The number of anilines is 1. The third kappa shape index (κ3) is 5.41. The first-order valence-electron chi connectivity index (χ1n) is 7.36. The Morgan fingerprint density at radius 3 is 2.72 bits per heavy atom. The van der Waals surface area contributed by atoms with Gasteiger partial charge in [-0.25, -0.2) is 9.18 Å². The van der Waals surface area contributed by atoms with E-state index in [1.54, 1.807) is 6.92 Å². The summed E-state index contributed by atoms with van der Waals surface area (Å²) in [5, 5.41) is 2.40. The lowest BCUT2D eigenvalue weighted by atomic mass is 10.2. The van der Waals surface area contributed by atoms with Crippen molar-refractivity contribution in [1.29, 1.82) is 0 Å². The normalized spacial score (nSPS) is 10.3. The predicted molar refractivity (Wildman–Crippen MR) is 86.7 cm³/mol. The van der Waals surface area contributed by atoms with Gasteiger partial charge in [0.15, 0.2) is 6.61 Å². The third-order valence-electron chi connectivity index (χ3n) is 3.27. The highest BCUT2D eigenvalue weighted by atomic mass is 19.1. The molecule has 1 heterocycles. The van der Waals surface area contributed by atoms with Crippen molar-refractivity contribution >= 4 is 17.6 Å². The minimum atomic E-state index is -0.691. The zero-order valence-corrected chi connectivity index (χ0v) is 13.4. The number of esters is 1. The molecular formula is C16H16FN3O5. The number of aromatic amines is 1. The molecule has 1 aromatic heterocycles. The maximum atomic E-state index is 13.4. The lowest BCUT2D eigenvalue weighted by Crippen LogP contribution is -2.29. The lowest BCUT2D eigenvalue weighted by Gasteiger charge is -2.08. The van der Waals surface area contributed by atoms with E-state index in [-0.39, 0.29) is 18.7 Å². The highest BCUT2D eigenvalue weighted by molar-refractivity contribution is 5.92. The molecule has 1 amide bonds. The second-order valence-corrected chi connectivity index (χ2v) is 5.23. The molecule has 2 N–H and O–H groups in total. The fourth-order valence-corrected chi connectivity index (χ4v) is 1.92. The van der Waals surface area contributed by atoms with Crippen LogP contribution in [0.1, 0.15) is 12.0 Å². The molecule has 2 rings (SSSR count). The number of hydrogen-bond donors (Lipinski definition) is 2. The Kier molecular flexibility index (Phi) is 5.83. The third-order valence-corrected chi connectivity index (χ3v) is 3.27. The number of H-pyrrole nitrogens is 1. The van der Waals surface area contributed by atoms with Crippen LogP contribution < -0.4 is 16.6 Å². The van der Waals surface area contributed by atoms with Crippen LogP contribution in [0.2, 0.25) is 0 Å². The van der Waals surface area contributed by atoms with Gasteiger partial charge in [0.05, 0.1) is 6.42 Å². The number of carbonyl (C=O) groups is 2. The van der Waals surface area contributed by atoms with Crippen molar-refractivity contribution in [3.05, 3.63) is 62.7 Å². The molecule has 0 bridgehead atoms. The van der Waals surface area contributed by atoms with Gasteiger partial charge in [-0.2, -0.15) is 0 Å². The molecule has 0 unspecified atom stereocenters. The first-order chi connectivity index (χ1) is 11.8. The summed E-state index contributed by atoms with van der Waals surface area (Å²) in [5.74, 6) is -1.76. The number of hydrogen-bond acceptors (Lipinski definition) is 5. The maximum absolute atomic E-state index is 13.4. The monoisotopic (exact) mass is 349 g/mol. The number of rotatable bonds is 6. The van der Waals surface area contributed by atoms with Gasteiger partial charge in [0.1, 0.15) is 5.82 Å². The number of nitrogens with one attached hydrogen (secondary N) is 2. The molecule has 0 atom stereocenters. The summed E-state index contributed by atoms with van der Waals surface area (Å²) in [4.78, 5) is 47.7. The molecule has 0 aliphatic heterocycles. The molecule has 9 heteroatoms. The minimum Gasteiger partial charge on any atom is -0.456 e. The summed E-state index contributed by atoms with van der Waals surface area (Å²) < 4.78 is 19.3. The highest BCUT2D eigenvalue weighted by Crippen LogP contribution is 2.13. The quantitative estimate of drug-likeness (QED) is 0.740. The van der Waals surface area contributed by atoms with Gasteiger partial charge in [0.2, 0.25) is 0 Å². The topological polar surface area (TPSA) is 110 Å². The molecule has 132 valence electrons. The minimum absolute atomic E-state index is 0.000755. The highest BCUT2D eigenvalue weighted by Gasteiger charge is 2.09. The number of nitrogens with zero attached hydrogens (tertiary/aromatic N) is 1. The van der Waals surface area contributed by atoms with Crippen molar-refractivity contribution in [3.63, 3.8) is 0 Å². The van der Waals surface area contributed by atoms with Crippen LogP contribution in [0.4, 0.5) is 10.1 Å². The Labute approximate surface area is 141 Å². The smallest absolute Gasteiger partial charge is 0.328 e. The van der Waals surface area contributed by atoms with Crippen LogP contribution in [0.3, 0.4) is 0 Å². The van der Waals surface area contributed by atoms with E-state index >= 15 is 0 Å². The number of aromatic nitrogens is 2. The summed E-state index contributed by atoms with van der Waals surface area (Å²) >= 11 is 0. The van der Waals surface area contributed by atoms with Crippen molar-refractivity contribution in [1.82, 2.24) is 9.55 Å². The Bertz CT molecular complexity index is 903. The molecule has 25 heavy (non-hydrogen) atoms. The van der Waals surface area contributed by atoms with Gasteiger partial charge in [-0.05, 0) is 24.6 Å². The van der Waals surface area contributed by atoms with Crippen molar-refractivity contribution in [3.8, 4) is 0 Å². The van der Waals surface area contributed by atoms with E-state index < -0.39 is 35.5 Å². The standard InChI is InChI=1S/C16H16FN3O5/c1-10-2-3-11(8-12(10)17)18-14(22)9-25-15(23)5-7-20-6-4-13(21)19-16(20)24/h2-4,6,8H,5,7,9H2,1H3,(H,18,22)(H,19,21,24). The zero-order valence-electron chi connectivity index (χ0n) is 13.4. The Hall–Kier alpha value is -3.23. The molecule has 0 saturated carbocycles. The first kappa shape index (κ1) is 18.1. The van der Waals surface area contributed by atoms with Gasteiger partial charge in [0, 0.05) is 24.5 Å². The van der Waals surface area contributed by atoms with Gasteiger partial charge in [-0.1, -0.05) is 6.07 Å². The van der Waals surface area contributed by atoms with E-state index in [4.69, 9.17) is 4.74 Å². The SMILES string of the molecule is Cc1ccc(NC(=O)COC(=O)CCn2ccc(=O)[nH]c2=O)cc1F. The largest absolute Gasteiger partial charge is 0.456 e. The second-order valence-electron chi connectivity index (χ2n) is 5.23. The van der Waals surface area contributed by atoms with E-state index in [0.29, 0.717) is 5.56 Å². The van der Waals surface area contributed by atoms with Crippen LogP contribution in [0, 0.1) is 12.7 Å². The van der Waals surface area contributed by atoms with Crippen LogP contribution in [-0.4, -0.2) is 28.0 Å². The van der Waals surface area contributed by atoms with E-state index in [1.165, 1.54) is 18.3 Å². The summed E-state index contributed by atoms with van der Waals surface area (Å²) in [6, 6.07) is 5.36. The molecule has 0 spiro atoms. The van der Waals surface area contributed by atoms with Crippen LogP contribution in [0.5, 0.6) is 0 Å². The second kappa shape index (κ2) is 8.04. The van der Waals surface area contributed by atoms with Crippen molar-refractivity contribution in [2.45, 2.75) is 19.9 Å². The molecule has 0 aliphatic carbocycles. The van der Waals surface area contributed by atoms with Gasteiger partial charge in [-0.3, -0.25) is 19.4 Å². The van der Waals surface area contributed by atoms with Crippen molar-refractivity contribution in [2.75, 3.05) is 11.9 Å². The molecule has 0 aliphatic rings. The van der Waals surface area contributed by atoms with Crippen LogP contribution in [0.15, 0.2) is 40.1 Å². The van der Waals surface area contributed by atoms with Crippen LogP contribution >= 0.6 is 0 Å². The Balaban J connectivity index is 1.79. The molecule has 8 nitrogen and oxygen atoms in total. The van der Waals surface area contributed by atoms with E-state index in [1.807, 2.05) is 0 Å². The Morgan fingerprint density at radius 2 is 2.04 bits per heavy atom. The number of carbonyl (C=O) groups excluding carboxylic acids is 2. The predicted octanol–water partition coefficient (Wildman–Crippen LogP) is 0.556. The summed E-state index contributed by atoms with van der Waals surface area (Å²) in [6.45, 7) is 1.06. The van der Waals surface area contributed by atoms with Gasteiger partial charge in [-0.15, -0.1) is 0 Å². The molecule has 0 saturated heterocycles. The average molecular weight is 349 g/mol. The summed E-state index contributed by atoms with van der Waals surface area (Å²) in [6.07, 6.45) is 1.10. The van der Waals surface area contributed by atoms with Crippen molar-refractivity contribution < 1.29 is 18.7 Å². The van der Waals surface area contributed by atoms with Crippen LogP contribution in [-0.2, 0) is 20.9 Å². The van der Waals surface area contributed by atoms with Crippen molar-refractivity contribution in [2.24, 2.45) is 0 Å².